The molecule has 3 rings (SSSR count). The zero-order valence-corrected chi connectivity index (χ0v) is 16.8. The van der Waals surface area contributed by atoms with Crippen LogP contribution in [-0.4, -0.2) is 23.9 Å². The van der Waals surface area contributed by atoms with Crippen LogP contribution >= 0.6 is 22.9 Å². The predicted molar refractivity (Wildman–Crippen MR) is 111 cm³/mol. The normalized spacial score (nSPS) is 13.4. The summed E-state index contributed by atoms with van der Waals surface area (Å²) >= 11 is 7.61. The largest absolute Gasteiger partial charge is 0.288 e. The molecule has 0 radical (unpaired) electrons. The molecular weight excluding hydrogens is 352 g/mol. The molecule has 0 atom stereocenters. The zero-order chi connectivity index (χ0) is 18.7. The fourth-order valence-corrected chi connectivity index (χ4v) is 4.03. The summed E-state index contributed by atoms with van der Waals surface area (Å²) in [7, 11) is 0. The van der Waals surface area contributed by atoms with Gasteiger partial charge in [0.15, 0.2) is 0 Å². The van der Waals surface area contributed by atoms with Crippen molar-refractivity contribution in [2.24, 2.45) is 4.99 Å². The van der Waals surface area contributed by atoms with Crippen LogP contribution in [0.4, 0.5) is 5.00 Å². The second-order valence-corrected chi connectivity index (χ2v) is 7.14. The molecular formula is C19H23ClN4S. The van der Waals surface area contributed by atoms with Gasteiger partial charge >= 0.3 is 0 Å². The van der Waals surface area contributed by atoms with E-state index in [9.17, 15) is 0 Å². The van der Waals surface area contributed by atoms with Gasteiger partial charge in [-0.25, -0.2) is 0 Å². The molecule has 0 aliphatic carbocycles. The van der Waals surface area contributed by atoms with Gasteiger partial charge in [-0.3, -0.25) is 20.7 Å². The lowest BCUT2D eigenvalue weighted by molar-refractivity contribution is 1.20. The van der Waals surface area contributed by atoms with Gasteiger partial charge in [0.05, 0.1) is 12.3 Å². The highest BCUT2D eigenvalue weighted by Crippen LogP contribution is 2.38. The number of fused-ring (bicyclic) bond motifs is 1. The Hall–Kier alpha value is -1.98. The molecule has 0 amide bonds. The van der Waals surface area contributed by atoms with Gasteiger partial charge in [-0.1, -0.05) is 37.6 Å². The van der Waals surface area contributed by atoms with E-state index >= 15 is 0 Å². The van der Waals surface area contributed by atoms with Crippen LogP contribution in [0.15, 0.2) is 29.3 Å². The van der Waals surface area contributed by atoms with E-state index in [1.54, 1.807) is 23.2 Å². The topological polar surface area (TPSA) is 63.3 Å². The number of aliphatic imine (C=N–C) groups is 1. The number of hydrogen-bond donors (Lipinski definition) is 2. The highest BCUT2D eigenvalue weighted by atomic mass is 35.5. The number of halogens is 1. The smallest absolute Gasteiger partial charge is 0.129 e. The van der Waals surface area contributed by atoms with Crippen LogP contribution in [-0.2, 0) is 0 Å². The van der Waals surface area contributed by atoms with Crippen molar-refractivity contribution in [3.05, 3.63) is 50.9 Å². The molecule has 2 aromatic rings. The maximum Gasteiger partial charge on any atom is 0.129 e. The number of anilines is 1. The van der Waals surface area contributed by atoms with Crippen LogP contribution in [0.5, 0.6) is 0 Å². The average molecular weight is 375 g/mol. The summed E-state index contributed by atoms with van der Waals surface area (Å²) in [5.41, 5.74) is 4.02. The fourth-order valence-electron chi connectivity index (χ4n) is 2.67. The fraction of sp³-hybridized carbons (Fsp3) is 0.316. The van der Waals surface area contributed by atoms with Gasteiger partial charge in [0.2, 0.25) is 0 Å². The lowest BCUT2D eigenvalue weighted by atomic mass is 10.00. The summed E-state index contributed by atoms with van der Waals surface area (Å²) in [4.78, 5) is 7.53. The minimum Gasteiger partial charge on any atom is -0.288 e. The van der Waals surface area contributed by atoms with E-state index < -0.39 is 0 Å². The third-order valence-corrected chi connectivity index (χ3v) is 5.36. The summed E-state index contributed by atoms with van der Waals surface area (Å²) in [6.07, 6.45) is 0. The second kappa shape index (κ2) is 7.93. The molecule has 1 aliphatic rings. The monoisotopic (exact) mass is 374 g/mol. The Labute approximate surface area is 158 Å². The molecule has 132 valence electrons. The number of nitrogens with zero attached hydrogens (tertiary/aromatic N) is 2. The highest BCUT2D eigenvalue weighted by molar-refractivity contribution is 7.17. The molecule has 6 heteroatoms. The van der Waals surface area contributed by atoms with Crippen LogP contribution in [0.2, 0.25) is 5.02 Å². The molecule has 2 N–H and O–H groups in total. The molecule has 0 fully saturated rings. The lowest BCUT2D eigenvalue weighted by Gasteiger charge is -2.21. The first kappa shape index (κ1) is 19.3. The van der Waals surface area contributed by atoms with Crippen molar-refractivity contribution in [2.75, 3.05) is 11.4 Å². The van der Waals surface area contributed by atoms with E-state index in [1.165, 1.54) is 4.88 Å². The molecule has 0 spiro atoms. The van der Waals surface area contributed by atoms with Crippen LogP contribution < -0.4 is 4.90 Å². The second-order valence-electron chi connectivity index (χ2n) is 5.50. The number of aryl methyl sites for hydroxylation is 1. The number of rotatable bonds is 1. The van der Waals surface area contributed by atoms with Crippen molar-refractivity contribution in [1.29, 1.82) is 10.8 Å². The number of benzene rings is 1. The van der Waals surface area contributed by atoms with Gasteiger partial charge in [-0.2, -0.15) is 0 Å². The molecule has 0 unspecified atom stereocenters. The van der Waals surface area contributed by atoms with Gasteiger partial charge < -0.3 is 0 Å². The van der Waals surface area contributed by atoms with E-state index in [1.807, 2.05) is 38.1 Å². The molecule has 0 saturated heterocycles. The van der Waals surface area contributed by atoms with Crippen molar-refractivity contribution in [3.8, 4) is 0 Å². The molecule has 25 heavy (non-hydrogen) atoms. The minimum atomic E-state index is 0.258. The summed E-state index contributed by atoms with van der Waals surface area (Å²) in [6.45, 7) is 10.1. The average Bonchev–Trinajstić information content (AvgIpc) is 2.78. The Bertz CT molecular complexity index is 834. The number of thiophene rings is 1. The van der Waals surface area contributed by atoms with Gasteiger partial charge in [0.25, 0.3) is 0 Å². The first-order valence-corrected chi connectivity index (χ1v) is 9.43. The van der Waals surface area contributed by atoms with E-state index in [0.717, 1.165) is 27.4 Å². The molecule has 0 saturated carbocycles. The number of nitrogens with one attached hydrogen (secondary N) is 2. The van der Waals surface area contributed by atoms with Crippen molar-refractivity contribution >= 4 is 45.3 Å². The molecule has 1 aliphatic heterocycles. The zero-order valence-electron chi connectivity index (χ0n) is 15.2. The van der Waals surface area contributed by atoms with Crippen LogP contribution in [0.1, 0.15) is 42.3 Å². The minimum absolute atomic E-state index is 0.258. The molecule has 1 aromatic carbocycles. The van der Waals surface area contributed by atoms with Gasteiger partial charge in [-0.05, 0) is 38.5 Å². The summed E-state index contributed by atoms with van der Waals surface area (Å²) in [5.74, 6) is 0.661. The maximum atomic E-state index is 8.28. The van der Waals surface area contributed by atoms with Gasteiger partial charge in [0.1, 0.15) is 16.7 Å². The lowest BCUT2D eigenvalue weighted by Crippen LogP contribution is -2.35. The molecule has 1 aromatic heterocycles. The Kier molecular flexibility index (Phi) is 6.14. The van der Waals surface area contributed by atoms with Crippen molar-refractivity contribution in [1.82, 2.24) is 0 Å². The third kappa shape index (κ3) is 3.67. The standard InChI is InChI=1S/C17H17ClN4S.C2H6/c1-9-10(2)23-17-15(9)16(12-4-6-13(18)7-5-12)21-8-14(20)22(17)11(3)19;1-2/h4-7,19-20H,8H2,1-3H3;1-2H3. The number of amidine groups is 2. The quantitative estimate of drug-likeness (QED) is 0.489. The molecule has 4 nitrogen and oxygen atoms in total. The molecule has 0 bridgehead atoms. The van der Waals surface area contributed by atoms with E-state index in [-0.39, 0.29) is 6.54 Å². The van der Waals surface area contributed by atoms with Gasteiger partial charge in [-0.15, -0.1) is 11.3 Å². The first-order chi connectivity index (χ1) is 11.9. The summed E-state index contributed by atoms with van der Waals surface area (Å²) in [6, 6.07) is 7.61. The Morgan fingerprint density at radius 1 is 1.20 bits per heavy atom. The van der Waals surface area contributed by atoms with Crippen LogP contribution in [0.3, 0.4) is 0 Å². The summed E-state index contributed by atoms with van der Waals surface area (Å²) in [5, 5.41) is 17.9. The SMILES string of the molecule is CC.CC(=N)N1C(=N)CN=C(c2ccc(Cl)cc2)c2c1sc(C)c2C. The number of hydrogen-bond acceptors (Lipinski definition) is 4. The van der Waals surface area contributed by atoms with E-state index in [2.05, 4.69) is 18.8 Å². The summed E-state index contributed by atoms with van der Waals surface area (Å²) < 4.78 is 0. The Morgan fingerprint density at radius 3 is 2.36 bits per heavy atom. The van der Waals surface area contributed by atoms with Crippen LogP contribution in [0.25, 0.3) is 0 Å². The van der Waals surface area contributed by atoms with Crippen molar-refractivity contribution < 1.29 is 0 Å². The first-order valence-electron chi connectivity index (χ1n) is 8.23. The van der Waals surface area contributed by atoms with Crippen LogP contribution in [0, 0.1) is 24.7 Å². The van der Waals surface area contributed by atoms with Gasteiger partial charge in [0, 0.05) is 21.0 Å². The third-order valence-electron chi connectivity index (χ3n) is 3.92. The Balaban J connectivity index is 0.00000109. The van der Waals surface area contributed by atoms with Crippen molar-refractivity contribution in [3.63, 3.8) is 0 Å². The molecule has 2 heterocycles. The highest BCUT2D eigenvalue weighted by Gasteiger charge is 2.28. The maximum absolute atomic E-state index is 8.28. The predicted octanol–water partition coefficient (Wildman–Crippen LogP) is 5.68. The van der Waals surface area contributed by atoms with E-state index in [0.29, 0.717) is 16.7 Å². The Morgan fingerprint density at radius 2 is 1.80 bits per heavy atom. The van der Waals surface area contributed by atoms with Crippen molar-refractivity contribution in [2.45, 2.75) is 34.6 Å². The van der Waals surface area contributed by atoms with E-state index in [4.69, 9.17) is 22.4 Å².